The van der Waals surface area contributed by atoms with Crippen LogP contribution >= 0.6 is 11.6 Å². The molecule has 0 atom stereocenters. The maximum Gasteiger partial charge on any atom is 0.225 e. The summed E-state index contributed by atoms with van der Waals surface area (Å²) in [6.45, 7) is 5.21. The van der Waals surface area contributed by atoms with Crippen molar-refractivity contribution in [3.63, 3.8) is 0 Å². The number of hydrogen-bond acceptors (Lipinski definition) is 4. The number of hydrogen-bond donors (Lipinski definition) is 1. The van der Waals surface area contributed by atoms with Crippen molar-refractivity contribution >= 4 is 23.1 Å². The molecule has 1 amide bonds. The van der Waals surface area contributed by atoms with Gasteiger partial charge in [-0.2, -0.15) is 5.26 Å². The molecule has 0 aromatic heterocycles. The Kier molecular flexibility index (Phi) is 6.31. The van der Waals surface area contributed by atoms with E-state index >= 15 is 0 Å². The van der Waals surface area contributed by atoms with Crippen molar-refractivity contribution in [1.82, 2.24) is 10.2 Å². The Morgan fingerprint density at radius 2 is 2.06 bits per heavy atom. The molecule has 4 rings (SSSR count). The van der Waals surface area contributed by atoms with Crippen LogP contribution in [-0.2, 0) is 17.8 Å². The third-order valence-corrected chi connectivity index (χ3v) is 6.58. The van der Waals surface area contributed by atoms with Gasteiger partial charge in [-0.25, -0.2) is 0 Å². The number of nitriles is 1. The fourth-order valence-electron chi connectivity index (χ4n) is 4.35. The van der Waals surface area contributed by atoms with Crippen LogP contribution in [0.5, 0.6) is 5.75 Å². The molecule has 2 aromatic rings. The highest BCUT2D eigenvalue weighted by Gasteiger charge is 2.32. The number of nitrogens with zero attached hydrogens (tertiary/aromatic N) is 2. The SMILES string of the molecule is CNC(=O)C1CN(CC2=C(C)c3ccc(OCc4ccc(Cl)c(C#N)c4)cc3CC2)C1. The van der Waals surface area contributed by atoms with E-state index in [0.29, 0.717) is 17.2 Å². The number of likely N-dealkylation sites (tertiary alicyclic amines) is 1. The first-order chi connectivity index (χ1) is 15.0. The molecule has 2 aliphatic rings. The highest BCUT2D eigenvalue weighted by molar-refractivity contribution is 6.31. The number of rotatable bonds is 6. The number of nitrogens with one attached hydrogen (secondary N) is 1. The molecule has 1 aliphatic carbocycles. The van der Waals surface area contributed by atoms with E-state index in [1.165, 1.54) is 22.3 Å². The summed E-state index contributed by atoms with van der Waals surface area (Å²) < 4.78 is 5.98. The molecule has 1 aliphatic heterocycles. The zero-order valence-corrected chi connectivity index (χ0v) is 18.6. The van der Waals surface area contributed by atoms with E-state index < -0.39 is 0 Å². The van der Waals surface area contributed by atoms with Crippen molar-refractivity contribution < 1.29 is 9.53 Å². The van der Waals surface area contributed by atoms with E-state index in [1.54, 1.807) is 19.2 Å². The molecule has 0 spiro atoms. The molecule has 5 nitrogen and oxygen atoms in total. The molecule has 2 aromatic carbocycles. The number of carbonyl (C=O) groups excluding carboxylic acids is 1. The molecule has 31 heavy (non-hydrogen) atoms. The van der Waals surface area contributed by atoms with Gasteiger partial charge in [0.05, 0.1) is 16.5 Å². The second-order valence-electron chi connectivity index (χ2n) is 8.27. The van der Waals surface area contributed by atoms with E-state index in [0.717, 1.165) is 43.8 Å². The van der Waals surface area contributed by atoms with Gasteiger partial charge in [0.25, 0.3) is 0 Å². The van der Waals surface area contributed by atoms with Gasteiger partial charge >= 0.3 is 0 Å². The topological polar surface area (TPSA) is 65.4 Å². The van der Waals surface area contributed by atoms with Crippen LogP contribution in [0.4, 0.5) is 0 Å². The highest BCUT2D eigenvalue weighted by Crippen LogP contribution is 2.34. The van der Waals surface area contributed by atoms with E-state index in [1.807, 2.05) is 12.1 Å². The predicted octanol–water partition coefficient (Wildman–Crippen LogP) is 4.19. The van der Waals surface area contributed by atoms with Gasteiger partial charge in [0.2, 0.25) is 5.91 Å². The van der Waals surface area contributed by atoms with Gasteiger partial charge in [-0.15, -0.1) is 0 Å². The average molecular weight is 436 g/mol. The van der Waals surface area contributed by atoms with Crippen molar-refractivity contribution in [3.8, 4) is 11.8 Å². The molecule has 0 bridgehead atoms. The summed E-state index contributed by atoms with van der Waals surface area (Å²) in [5, 5.41) is 12.3. The molecule has 0 saturated carbocycles. The highest BCUT2D eigenvalue weighted by atomic mass is 35.5. The fourth-order valence-corrected chi connectivity index (χ4v) is 4.51. The first-order valence-electron chi connectivity index (χ1n) is 10.6. The summed E-state index contributed by atoms with van der Waals surface area (Å²) in [6, 6.07) is 13.8. The van der Waals surface area contributed by atoms with Gasteiger partial charge in [0.15, 0.2) is 0 Å². The molecule has 160 valence electrons. The zero-order chi connectivity index (χ0) is 22.0. The number of aryl methyl sites for hydroxylation is 1. The van der Waals surface area contributed by atoms with Crippen molar-refractivity contribution in [3.05, 3.63) is 69.2 Å². The van der Waals surface area contributed by atoms with E-state index in [2.05, 4.69) is 35.3 Å². The van der Waals surface area contributed by atoms with Gasteiger partial charge < -0.3 is 10.1 Å². The standard InChI is InChI=1S/C25H26ClN3O2/c1-16-19(12-29-13-21(14-29)25(30)28-2)5-4-18-10-22(6-7-23(16)18)31-15-17-3-8-24(26)20(9-17)11-27/h3,6-10,21H,4-5,12-15H2,1-2H3,(H,28,30). The van der Waals surface area contributed by atoms with Gasteiger partial charge in [0, 0.05) is 26.7 Å². The van der Waals surface area contributed by atoms with Crippen LogP contribution in [0.1, 0.15) is 35.6 Å². The second-order valence-corrected chi connectivity index (χ2v) is 8.67. The number of fused-ring (bicyclic) bond motifs is 1. The smallest absolute Gasteiger partial charge is 0.225 e. The van der Waals surface area contributed by atoms with Crippen molar-refractivity contribution in [2.45, 2.75) is 26.4 Å². The molecule has 0 radical (unpaired) electrons. The van der Waals surface area contributed by atoms with Crippen molar-refractivity contribution in [2.24, 2.45) is 5.92 Å². The number of carbonyl (C=O) groups is 1. The molecule has 0 unspecified atom stereocenters. The maximum absolute atomic E-state index is 11.7. The Morgan fingerprint density at radius 1 is 1.26 bits per heavy atom. The quantitative estimate of drug-likeness (QED) is 0.738. The zero-order valence-electron chi connectivity index (χ0n) is 17.9. The lowest BCUT2D eigenvalue weighted by Crippen LogP contribution is -2.53. The van der Waals surface area contributed by atoms with Gasteiger partial charge in [-0.05, 0) is 66.3 Å². The minimum Gasteiger partial charge on any atom is -0.489 e. The summed E-state index contributed by atoms with van der Waals surface area (Å²) in [5.74, 6) is 1.11. The van der Waals surface area contributed by atoms with Crippen LogP contribution in [0.3, 0.4) is 0 Å². The lowest BCUT2D eigenvalue weighted by Gasteiger charge is -2.39. The molecule has 6 heteroatoms. The largest absolute Gasteiger partial charge is 0.489 e. The van der Waals surface area contributed by atoms with Gasteiger partial charge in [-0.3, -0.25) is 9.69 Å². The van der Waals surface area contributed by atoms with Gasteiger partial charge in [-0.1, -0.05) is 29.3 Å². The summed E-state index contributed by atoms with van der Waals surface area (Å²) >= 11 is 6.00. The van der Waals surface area contributed by atoms with Crippen LogP contribution in [0.2, 0.25) is 5.02 Å². The summed E-state index contributed by atoms with van der Waals surface area (Å²) in [6.07, 6.45) is 2.03. The van der Waals surface area contributed by atoms with Crippen LogP contribution in [0, 0.1) is 17.2 Å². The normalized spacial score (nSPS) is 16.3. The van der Waals surface area contributed by atoms with E-state index in [-0.39, 0.29) is 11.8 Å². The Bertz CT molecular complexity index is 1080. The minimum atomic E-state index is 0.131. The summed E-state index contributed by atoms with van der Waals surface area (Å²) in [5.41, 5.74) is 6.77. The van der Waals surface area contributed by atoms with E-state index in [9.17, 15) is 4.79 Å². The Balaban J connectivity index is 1.40. The summed E-state index contributed by atoms with van der Waals surface area (Å²) in [4.78, 5) is 14.1. The number of allylic oxidation sites excluding steroid dienone is 1. The predicted molar refractivity (Wildman–Crippen MR) is 122 cm³/mol. The number of halogens is 1. The van der Waals surface area contributed by atoms with Crippen LogP contribution in [-0.4, -0.2) is 37.5 Å². The first kappa shape index (κ1) is 21.4. The molecule has 1 saturated heterocycles. The number of amides is 1. The lowest BCUT2D eigenvalue weighted by atomic mass is 9.85. The molecular formula is C25H26ClN3O2. The van der Waals surface area contributed by atoms with Crippen LogP contribution in [0.25, 0.3) is 5.57 Å². The Morgan fingerprint density at radius 3 is 2.81 bits per heavy atom. The minimum absolute atomic E-state index is 0.131. The summed E-state index contributed by atoms with van der Waals surface area (Å²) in [7, 11) is 1.70. The maximum atomic E-state index is 11.7. The van der Waals surface area contributed by atoms with Crippen molar-refractivity contribution in [1.29, 1.82) is 5.26 Å². The molecule has 1 N–H and O–H groups in total. The third-order valence-electron chi connectivity index (χ3n) is 6.25. The Hall–Kier alpha value is -2.81. The van der Waals surface area contributed by atoms with Crippen LogP contribution < -0.4 is 10.1 Å². The van der Waals surface area contributed by atoms with Crippen molar-refractivity contribution in [2.75, 3.05) is 26.7 Å². The lowest BCUT2D eigenvalue weighted by molar-refractivity contribution is -0.129. The second kappa shape index (κ2) is 9.13. The number of ether oxygens (including phenoxy) is 1. The average Bonchev–Trinajstić information content (AvgIpc) is 2.76. The van der Waals surface area contributed by atoms with Crippen LogP contribution in [0.15, 0.2) is 42.0 Å². The Labute approximate surface area is 188 Å². The molecular weight excluding hydrogens is 410 g/mol. The first-order valence-corrected chi connectivity index (χ1v) is 10.9. The van der Waals surface area contributed by atoms with Gasteiger partial charge in [0.1, 0.15) is 18.4 Å². The fraction of sp³-hybridized carbons (Fsp3) is 0.360. The molecule has 1 heterocycles. The third kappa shape index (κ3) is 4.61. The van der Waals surface area contributed by atoms with E-state index in [4.69, 9.17) is 21.6 Å². The molecule has 1 fully saturated rings. The monoisotopic (exact) mass is 435 g/mol. The number of benzene rings is 2.